The lowest BCUT2D eigenvalue weighted by Gasteiger charge is -2.28. The lowest BCUT2D eigenvalue weighted by Crippen LogP contribution is -2.33. The highest BCUT2D eigenvalue weighted by molar-refractivity contribution is 5.86. The predicted octanol–water partition coefficient (Wildman–Crippen LogP) is 3.96. The number of nitrogens with zero attached hydrogens (tertiary/aromatic N) is 1. The maximum atomic E-state index is 12.4. The molecule has 5 heteroatoms. The zero-order valence-electron chi connectivity index (χ0n) is 14.4. The summed E-state index contributed by atoms with van der Waals surface area (Å²) < 4.78 is 5.17. The fraction of sp³-hybridized carbons (Fsp3) is 0.474. The standard InChI is InChI=1S/C19H24N2O3/c1-4-13(5-2)17(18(21-12-22)19(23)24-6-3)15-11-20-16-10-8-7-9-14(15)16/h7-11,13,17-18,20H,4-6H2,1-3H3. The molecule has 1 aromatic heterocycles. The van der Waals surface area contributed by atoms with Gasteiger partial charge in [-0.2, -0.15) is 4.99 Å². The van der Waals surface area contributed by atoms with Crippen LogP contribution >= 0.6 is 0 Å². The summed E-state index contributed by atoms with van der Waals surface area (Å²) in [6.07, 6.45) is 5.24. The number of para-hydroxylation sites is 1. The Morgan fingerprint density at radius 3 is 2.58 bits per heavy atom. The first-order chi connectivity index (χ1) is 11.7. The van der Waals surface area contributed by atoms with Gasteiger partial charge in [0, 0.05) is 23.0 Å². The number of aromatic amines is 1. The molecule has 0 aliphatic heterocycles. The second kappa shape index (κ2) is 8.46. The van der Waals surface area contributed by atoms with E-state index in [2.05, 4.69) is 23.8 Å². The van der Waals surface area contributed by atoms with Gasteiger partial charge in [-0.05, 0) is 24.5 Å². The molecule has 0 radical (unpaired) electrons. The van der Waals surface area contributed by atoms with Crippen molar-refractivity contribution in [2.75, 3.05) is 6.61 Å². The largest absolute Gasteiger partial charge is 0.464 e. The first-order valence-electron chi connectivity index (χ1n) is 8.47. The molecule has 0 aliphatic carbocycles. The maximum absolute atomic E-state index is 12.4. The SMILES string of the molecule is CCOC(=O)C(N=C=O)C(c1c[nH]c2ccccc12)C(CC)CC. The summed E-state index contributed by atoms with van der Waals surface area (Å²) in [5.74, 6) is -0.490. The number of fused-ring (bicyclic) bond motifs is 1. The van der Waals surface area contributed by atoms with Crippen molar-refractivity contribution >= 4 is 23.0 Å². The molecule has 0 aliphatic rings. The van der Waals surface area contributed by atoms with Gasteiger partial charge in [0.15, 0.2) is 6.04 Å². The normalized spacial score (nSPS) is 13.5. The van der Waals surface area contributed by atoms with E-state index in [-0.39, 0.29) is 18.4 Å². The van der Waals surface area contributed by atoms with Gasteiger partial charge in [0.2, 0.25) is 6.08 Å². The third kappa shape index (κ3) is 3.57. The number of esters is 1. The number of H-pyrrole nitrogens is 1. The molecule has 0 saturated heterocycles. The van der Waals surface area contributed by atoms with E-state index >= 15 is 0 Å². The number of hydrogen-bond donors (Lipinski definition) is 1. The van der Waals surface area contributed by atoms with E-state index in [9.17, 15) is 9.59 Å². The van der Waals surface area contributed by atoms with Crippen LogP contribution in [0.5, 0.6) is 0 Å². The highest BCUT2D eigenvalue weighted by Crippen LogP contribution is 2.38. The van der Waals surface area contributed by atoms with Crippen molar-refractivity contribution in [3.63, 3.8) is 0 Å². The Morgan fingerprint density at radius 2 is 1.96 bits per heavy atom. The number of ether oxygens (including phenoxy) is 1. The van der Waals surface area contributed by atoms with Gasteiger partial charge in [-0.25, -0.2) is 9.59 Å². The van der Waals surface area contributed by atoms with Crippen LogP contribution in [0.15, 0.2) is 35.5 Å². The lowest BCUT2D eigenvalue weighted by molar-refractivity contribution is -0.145. The van der Waals surface area contributed by atoms with Crippen LogP contribution in [0.4, 0.5) is 0 Å². The summed E-state index contributed by atoms with van der Waals surface area (Å²) in [5.41, 5.74) is 2.00. The van der Waals surface area contributed by atoms with Crippen molar-refractivity contribution in [1.82, 2.24) is 4.98 Å². The average molecular weight is 328 g/mol. The minimum atomic E-state index is -0.869. The number of isocyanates is 1. The van der Waals surface area contributed by atoms with Crippen molar-refractivity contribution < 1.29 is 14.3 Å². The molecule has 24 heavy (non-hydrogen) atoms. The Hall–Kier alpha value is -2.39. The van der Waals surface area contributed by atoms with Gasteiger partial charge in [-0.3, -0.25) is 0 Å². The number of carbonyl (C=O) groups is 1. The molecule has 2 rings (SSSR count). The third-order valence-electron chi connectivity index (χ3n) is 4.60. The Balaban J connectivity index is 2.58. The summed E-state index contributed by atoms with van der Waals surface area (Å²) in [4.78, 5) is 30.5. The molecule has 1 N–H and O–H groups in total. The molecular formula is C19H24N2O3. The Kier molecular flexibility index (Phi) is 6.33. The fourth-order valence-corrected chi connectivity index (χ4v) is 3.41. The summed E-state index contributed by atoms with van der Waals surface area (Å²) in [6, 6.07) is 7.06. The third-order valence-corrected chi connectivity index (χ3v) is 4.60. The molecule has 128 valence electrons. The van der Waals surface area contributed by atoms with E-state index in [1.54, 1.807) is 13.0 Å². The Bertz CT molecular complexity index is 727. The smallest absolute Gasteiger partial charge is 0.332 e. The second-order valence-electron chi connectivity index (χ2n) is 5.81. The van der Waals surface area contributed by atoms with E-state index < -0.39 is 12.0 Å². The number of nitrogens with one attached hydrogen (secondary N) is 1. The van der Waals surface area contributed by atoms with Crippen LogP contribution in [0.25, 0.3) is 10.9 Å². The number of hydrogen-bond acceptors (Lipinski definition) is 4. The molecular weight excluding hydrogens is 304 g/mol. The molecule has 0 spiro atoms. The van der Waals surface area contributed by atoms with Crippen LogP contribution in [-0.2, 0) is 14.3 Å². The molecule has 0 saturated carbocycles. The highest BCUT2D eigenvalue weighted by Gasteiger charge is 2.36. The van der Waals surface area contributed by atoms with Gasteiger partial charge < -0.3 is 9.72 Å². The van der Waals surface area contributed by atoms with Crippen LogP contribution in [0.1, 0.15) is 45.1 Å². The lowest BCUT2D eigenvalue weighted by atomic mass is 9.78. The van der Waals surface area contributed by atoms with E-state index in [4.69, 9.17) is 4.74 Å². The minimum absolute atomic E-state index is 0.204. The van der Waals surface area contributed by atoms with Crippen molar-refractivity contribution in [1.29, 1.82) is 0 Å². The van der Waals surface area contributed by atoms with Crippen LogP contribution in [0.2, 0.25) is 0 Å². The zero-order valence-corrected chi connectivity index (χ0v) is 14.4. The molecule has 2 aromatic rings. The fourth-order valence-electron chi connectivity index (χ4n) is 3.41. The summed E-state index contributed by atoms with van der Waals surface area (Å²) in [7, 11) is 0. The van der Waals surface area contributed by atoms with Crippen molar-refractivity contribution in [2.45, 2.75) is 45.6 Å². The molecule has 0 bridgehead atoms. The average Bonchev–Trinajstić information content (AvgIpc) is 3.02. The van der Waals surface area contributed by atoms with E-state index in [1.807, 2.05) is 30.5 Å². The molecule has 1 heterocycles. The monoisotopic (exact) mass is 328 g/mol. The van der Waals surface area contributed by atoms with E-state index in [1.165, 1.54) is 0 Å². The Labute approximate surface area is 142 Å². The number of aliphatic imine (C=N–C) groups is 1. The van der Waals surface area contributed by atoms with Crippen LogP contribution in [0, 0.1) is 5.92 Å². The van der Waals surface area contributed by atoms with Gasteiger partial charge in [-0.15, -0.1) is 0 Å². The quantitative estimate of drug-likeness (QED) is 0.453. The Morgan fingerprint density at radius 1 is 1.25 bits per heavy atom. The van der Waals surface area contributed by atoms with Crippen LogP contribution < -0.4 is 0 Å². The van der Waals surface area contributed by atoms with Crippen molar-refractivity contribution in [3.8, 4) is 0 Å². The number of carbonyl (C=O) groups excluding carboxylic acids is 2. The van der Waals surface area contributed by atoms with Gasteiger partial charge >= 0.3 is 5.97 Å². The minimum Gasteiger partial charge on any atom is -0.464 e. The number of benzene rings is 1. The molecule has 0 amide bonds. The first-order valence-corrected chi connectivity index (χ1v) is 8.47. The predicted molar refractivity (Wildman–Crippen MR) is 93.7 cm³/mol. The topological polar surface area (TPSA) is 71.5 Å². The zero-order chi connectivity index (χ0) is 17.5. The highest BCUT2D eigenvalue weighted by atomic mass is 16.5. The summed E-state index contributed by atoms with van der Waals surface area (Å²) in [5, 5.41) is 1.05. The van der Waals surface area contributed by atoms with Gasteiger partial charge in [0.1, 0.15) is 0 Å². The molecule has 2 unspecified atom stereocenters. The molecule has 5 nitrogen and oxygen atoms in total. The summed E-state index contributed by atoms with van der Waals surface area (Å²) in [6.45, 7) is 6.18. The molecule has 0 fully saturated rings. The molecule has 1 aromatic carbocycles. The van der Waals surface area contributed by atoms with E-state index in [0.29, 0.717) is 0 Å². The van der Waals surface area contributed by atoms with Gasteiger partial charge in [0.25, 0.3) is 0 Å². The number of rotatable bonds is 8. The first kappa shape index (κ1) is 18.0. The van der Waals surface area contributed by atoms with Crippen molar-refractivity contribution in [2.24, 2.45) is 10.9 Å². The van der Waals surface area contributed by atoms with Crippen molar-refractivity contribution in [3.05, 3.63) is 36.0 Å². The number of aromatic nitrogens is 1. The van der Waals surface area contributed by atoms with Gasteiger partial charge in [-0.1, -0.05) is 44.9 Å². The summed E-state index contributed by atoms with van der Waals surface area (Å²) >= 11 is 0. The van der Waals surface area contributed by atoms with Crippen LogP contribution in [0.3, 0.4) is 0 Å². The molecule has 2 atom stereocenters. The van der Waals surface area contributed by atoms with E-state index in [0.717, 1.165) is 29.3 Å². The maximum Gasteiger partial charge on any atom is 0.332 e. The van der Waals surface area contributed by atoms with Gasteiger partial charge in [0.05, 0.1) is 6.61 Å². The van der Waals surface area contributed by atoms with Crippen LogP contribution in [-0.4, -0.2) is 29.7 Å². The second-order valence-corrected chi connectivity index (χ2v) is 5.81.